The highest BCUT2D eigenvalue weighted by atomic mass is 32.2. The Morgan fingerprint density at radius 1 is 1.12 bits per heavy atom. The summed E-state index contributed by atoms with van der Waals surface area (Å²) in [5, 5.41) is 0.995. The maximum absolute atomic E-state index is 5.77. The second-order valence-electron chi connectivity index (χ2n) is 5.15. The van der Waals surface area contributed by atoms with Crippen molar-refractivity contribution in [3.63, 3.8) is 0 Å². The van der Waals surface area contributed by atoms with Crippen LogP contribution in [0.25, 0.3) is 11.0 Å². The van der Waals surface area contributed by atoms with Gasteiger partial charge in [0.15, 0.2) is 5.16 Å². The van der Waals surface area contributed by atoms with Crippen LogP contribution in [0.15, 0.2) is 66.3 Å². The van der Waals surface area contributed by atoms with E-state index in [2.05, 4.69) is 17.2 Å². The SMILES string of the molecule is C=CCn1c(SCCOc2ccc(OC)cc2)nc2ccccc21. The van der Waals surface area contributed by atoms with E-state index in [1.807, 2.05) is 48.5 Å². The van der Waals surface area contributed by atoms with Crippen molar-refractivity contribution in [1.82, 2.24) is 9.55 Å². The van der Waals surface area contributed by atoms with Gasteiger partial charge in [-0.1, -0.05) is 30.0 Å². The highest BCUT2D eigenvalue weighted by Gasteiger charge is 2.09. The van der Waals surface area contributed by atoms with E-state index < -0.39 is 0 Å². The number of rotatable bonds is 8. The number of fused-ring (bicyclic) bond motifs is 1. The van der Waals surface area contributed by atoms with Gasteiger partial charge in [0, 0.05) is 12.3 Å². The van der Waals surface area contributed by atoms with E-state index in [1.54, 1.807) is 18.9 Å². The minimum atomic E-state index is 0.619. The van der Waals surface area contributed by atoms with E-state index >= 15 is 0 Å². The third kappa shape index (κ3) is 3.74. The van der Waals surface area contributed by atoms with Gasteiger partial charge in [-0.15, -0.1) is 6.58 Å². The Morgan fingerprint density at radius 2 is 1.88 bits per heavy atom. The van der Waals surface area contributed by atoms with Gasteiger partial charge in [0.05, 0.1) is 24.8 Å². The molecular formula is C19H20N2O2S. The lowest BCUT2D eigenvalue weighted by molar-refractivity contribution is 0.342. The van der Waals surface area contributed by atoms with Crippen LogP contribution in [0.3, 0.4) is 0 Å². The third-order valence-electron chi connectivity index (χ3n) is 3.57. The molecule has 0 spiro atoms. The molecule has 0 saturated carbocycles. The number of hydrogen-bond donors (Lipinski definition) is 0. The van der Waals surface area contributed by atoms with Crippen LogP contribution in [0.5, 0.6) is 11.5 Å². The molecule has 0 radical (unpaired) electrons. The number of methoxy groups -OCH3 is 1. The molecule has 0 atom stereocenters. The largest absolute Gasteiger partial charge is 0.497 e. The van der Waals surface area contributed by atoms with Gasteiger partial charge in [-0.25, -0.2) is 4.98 Å². The molecule has 24 heavy (non-hydrogen) atoms. The molecular weight excluding hydrogens is 320 g/mol. The fraction of sp³-hybridized carbons (Fsp3) is 0.211. The first kappa shape index (κ1) is 16.5. The normalized spacial score (nSPS) is 10.7. The highest BCUT2D eigenvalue weighted by molar-refractivity contribution is 7.99. The van der Waals surface area contributed by atoms with E-state index in [-0.39, 0.29) is 0 Å². The monoisotopic (exact) mass is 340 g/mol. The van der Waals surface area contributed by atoms with Crippen molar-refractivity contribution in [1.29, 1.82) is 0 Å². The number of aromatic nitrogens is 2. The zero-order valence-corrected chi connectivity index (χ0v) is 14.5. The number of para-hydroxylation sites is 2. The molecule has 3 rings (SSSR count). The van der Waals surface area contributed by atoms with E-state index in [4.69, 9.17) is 14.5 Å². The zero-order chi connectivity index (χ0) is 16.8. The lowest BCUT2D eigenvalue weighted by Crippen LogP contribution is -2.03. The van der Waals surface area contributed by atoms with E-state index in [0.29, 0.717) is 6.61 Å². The maximum atomic E-state index is 5.77. The number of ether oxygens (including phenoxy) is 2. The quantitative estimate of drug-likeness (QED) is 0.346. The summed E-state index contributed by atoms with van der Waals surface area (Å²) in [5.74, 6) is 2.50. The van der Waals surface area contributed by atoms with E-state index in [9.17, 15) is 0 Å². The zero-order valence-electron chi connectivity index (χ0n) is 13.6. The molecule has 0 aliphatic carbocycles. The van der Waals surface area contributed by atoms with Crippen LogP contribution in [-0.4, -0.2) is 29.0 Å². The maximum Gasteiger partial charge on any atom is 0.169 e. The van der Waals surface area contributed by atoms with Gasteiger partial charge in [0.2, 0.25) is 0 Å². The van der Waals surface area contributed by atoms with Gasteiger partial charge in [-0.3, -0.25) is 0 Å². The van der Waals surface area contributed by atoms with Crippen LogP contribution < -0.4 is 9.47 Å². The summed E-state index contributed by atoms with van der Waals surface area (Å²) < 4.78 is 13.1. The van der Waals surface area contributed by atoms with Crippen molar-refractivity contribution in [2.75, 3.05) is 19.5 Å². The number of thioether (sulfide) groups is 1. The average molecular weight is 340 g/mol. The summed E-state index contributed by atoms with van der Waals surface area (Å²) in [6.07, 6.45) is 1.89. The van der Waals surface area contributed by atoms with Gasteiger partial charge in [0.25, 0.3) is 0 Å². The van der Waals surface area contributed by atoms with E-state index in [0.717, 1.165) is 40.0 Å². The molecule has 0 unspecified atom stereocenters. The summed E-state index contributed by atoms with van der Waals surface area (Å²) in [6, 6.07) is 15.8. The fourth-order valence-corrected chi connectivity index (χ4v) is 3.27. The first-order valence-electron chi connectivity index (χ1n) is 7.77. The van der Waals surface area contributed by atoms with Crippen LogP contribution in [0.2, 0.25) is 0 Å². The minimum Gasteiger partial charge on any atom is -0.497 e. The lowest BCUT2D eigenvalue weighted by Gasteiger charge is -2.08. The molecule has 0 fully saturated rings. The van der Waals surface area contributed by atoms with E-state index in [1.165, 1.54) is 0 Å². The molecule has 124 valence electrons. The summed E-state index contributed by atoms with van der Waals surface area (Å²) in [5.41, 5.74) is 2.15. The van der Waals surface area contributed by atoms with Crippen LogP contribution >= 0.6 is 11.8 Å². The minimum absolute atomic E-state index is 0.619. The van der Waals surface area contributed by atoms with Crippen LogP contribution in [0, 0.1) is 0 Å². The molecule has 0 aliphatic rings. The Kier molecular flexibility index (Phi) is 5.43. The van der Waals surface area contributed by atoms with Crippen molar-refractivity contribution in [3.8, 4) is 11.5 Å². The Labute approximate surface area is 146 Å². The van der Waals surface area contributed by atoms with Crippen LogP contribution in [0.1, 0.15) is 0 Å². The lowest BCUT2D eigenvalue weighted by atomic mass is 10.3. The van der Waals surface area contributed by atoms with Gasteiger partial charge < -0.3 is 14.0 Å². The molecule has 4 nitrogen and oxygen atoms in total. The first-order chi connectivity index (χ1) is 11.8. The summed E-state index contributed by atoms with van der Waals surface area (Å²) >= 11 is 1.69. The van der Waals surface area contributed by atoms with Crippen molar-refractivity contribution < 1.29 is 9.47 Å². The molecule has 0 amide bonds. The second-order valence-corrected chi connectivity index (χ2v) is 6.22. The van der Waals surface area contributed by atoms with Gasteiger partial charge in [-0.2, -0.15) is 0 Å². The molecule has 2 aromatic carbocycles. The Balaban J connectivity index is 1.60. The van der Waals surface area contributed by atoms with Crippen molar-refractivity contribution in [3.05, 3.63) is 61.2 Å². The molecule has 0 aliphatic heterocycles. The molecule has 5 heteroatoms. The van der Waals surface area contributed by atoms with Gasteiger partial charge in [0.1, 0.15) is 11.5 Å². The first-order valence-corrected chi connectivity index (χ1v) is 8.76. The van der Waals surface area contributed by atoms with Crippen molar-refractivity contribution >= 4 is 22.8 Å². The summed E-state index contributed by atoms with van der Waals surface area (Å²) in [4.78, 5) is 4.70. The van der Waals surface area contributed by atoms with Crippen molar-refractivity contribution in [2.45, 2.75) is 11.7 Å². The van der Waals surface area contributed by atoms with Gasteiger partial charge in [-0.05, 0) is 36.4 Å². The molecule has 1 aromatic heterocycles. The second kappa shape index (κ2) is 7.93. The van der Waals surface area contributed by atoms with Gasteiger partial charge >= 0.3 is 0 Å². The summed E-state index contributed by atoms with van der Waals surface area (Å²) in [6.45, 7) is 5.21. The standard InChI is InChI=1S/C19H20N2O2S/c1-3-12-21-18-7-5-4-6-17(18)20-19(21)24-14-13-23-16-10-8-15(22-2)9-11-16/h3-11H,1,12-14H2,2H3. The molecule has 0 bridgehead atoms. The topological polar surface area (TPSA) is 36.3 Å². The molecule has 3 aromatic rings. The highest BCUT2D eigenvalue weighted by Crippen LogP contribution is 2.24. The predicted octanol–water partition coefficient (Wildman–Crippen LogP) is 4.40. The Bertz CT molecular complexity index is 812. The fourth-order valence-electron chi connectivity index (χ4n) is 2.43. The smallest absolute Gasteiger partial charge is 0.169 e. The number of allylic oxidation sites excluding steroid dienone is 1. The average Bonchev–Trinajstić information content (AvgIpc) is 2.97. The van der Waals surface area contributed by atoms with Crippen molar-refractivity contribution in [2.24, 2.45) is 0 Å². The third-order valence-corrected chi connectivity index (χ3v) is 4.51. The number of nitrogens with zero attached hydrogens (tertiary/aromatic N) is 2. The summed E-state index contributed by atoms with van der Waals surface area (Å²) in [7, 11) is 1.65. The van der Waals surface area contributed by atoms with Crippen LogP contribution in [0.4, 0.5) is 0 Å². The Hall–Kier alpha value is -2.40. The molecule has 0 saturated heterocycles. The molecule has 1 heterocycles. The number of benzene rings is 2. The molecule has 0 N–H and O–H groups in total. The predicted molar refractivity (Wildman–Crippen MR) is 99.1 cm³/mol. The Morgan fingerprint density at radius 3 is 2.62 bits per heavy atom. The number of hydrogen-bond acceptors (Lipinski definition) is 4. The number of imidazole rings is 1. The van der Waals surface area contributed by atoms with Crippen LogP contribution in [-0.2, 0) is 6.54 Å².